The lowest BCUT2D eigenvalue weighted by Gasteiger charge is -2.63. The van der Waals surface area contributed by atoms with Crippen LogP contribution in [0.1, 0.15) is 45.4 Å². The molecule has 2 saturated carbocycles. The summed E-state index contributed by atoms with van der Waals surface area (Å²) in [5.41, 5.74) is 0.417. The Morgan fingerprint density at radius 3 is 2.62 bits per heavy atom. The van der Waals surface area contributed by atoms with Crippen molar-refractivity contribution in [3.05, 3.63) is 0 Å². The summed E-state index contributed by atoms with van der Waals surface area (Å²) in [6.07, 6.45) is 8.42. The van der Waals surface area contributed by atoms with Gasteiger partial charge in [-0.1, -0.05) is 6.42 Å². The van der Waals surface area contributed by atoms with Gasteiger partial charge in [0.2, 0.25) is 0 Å². The van der Waals surface area contributed by atoms with Crippen LogP contribution in [-0.2, 0) is 9.47 Å². The van der Waals surface area contributed by atoms with E-state index in [-0.39, 0.29) is 24.0 Å². The van der Waals surface area contributed by atoms with E-state index in [1.54, 1.807) is 0 Å². The van der Waals surface area contributed by atoms with E-state index in [9.17, 15) is 0 Å². The Kier molecular flexibility index (Phi) is 5.97. The van der Waals surface area contributed by atoms with Crippen LogP contribution < -0.4 is 5.32 Å². The predicted octanol–water partition coefficient (Wildman–Crippen LogP) is 2.64. The zero-order valence-electron chi connectivity index (χ0n) is 15.0. The molecule has 6 heteroatoms. The van der Waals surface area contributed by atoms with Gasteiger partial charge in [0.05, 0.1) is 12.2 Å². The van der Waals surface area contributed by atoms with Gasteiger partial charge in [0.25, 0.3) is 0 Å². The van der Waals surface area contributed by atoms with Gasteiger partial charge in [0.1, 0.15) is 0 Å². The number of nitrogens with zero attached hydrogens (tertiary/aromatic N) is 2. The van der Waals surface area contributed by atoms with Crippen LogP contribution in [0.15, 0.2) is 4.99 Å². The Hall–Kier alpha value is -0.0800. The molecule has 2 saturated heterocycles. The summed E-state index contributed by atoms with van der Waals surface area (Å²) in [6, 6.07) is 0.576. The van der Waals surface area contributed by atoms with Crippen molar-refractivity contribution in [3.63, 3.8) is 0 Å². The molecule has 2 aliphatic carbocycles. The quantitative estimate of drug-likeness (QED) is 0.409. The summed E-state index contributed by atoms with van der Waals surface area (Å²) in [4.78, 5) is 7.01. The number of hydrogen-bond acceptors (Lipinski definition) is 3. The lowest BCUT2D eigenvalue weighted by atomic mass is 9.46. The normalized spacial score (nSPS) is 35.0. The molecule has 2 heterocycles. The molecule has 3 atom stereocenters. The Labute approximate surface area is 162 Å². The van der Waals surface area contributed by atoms with Gasteiger partial charge >= 0.3 is 0 Å². The fourth-order valence-electron chi connectivity index (χ4n) is 5.36. The Bertz CT molecular complexity index is 461. The lowest BCUT2D eigenvalue weighted by Crippen LogP contribution is -2.72. The molecule has 0 aromatic carbocycles. The van der Waals surface area contributed by atoms with E-state index < -0.39 is 0 Å². The summed E-state index contributed by atoms with van der Waals surface area (Å²) in [6.45, 7) is 5.96. The van der Waals surface area contributed by atoms with Crippen molar-refractivity contribution in [2.75, 3.05) is 33.4 Å². The second kappa shape index (κ2) is 7.66. The molecule has 4 aliphatic rings. The molecule has 1 spiro atoms. The van der Waals surface area contributed by atoms with E-state index in [4.69, 9.17) is 9.47 Å². The van der Waals surface area contributed by atoms with Crippen LogP contribution in [0.4, 0.5) is 0 Å². The van der Waals surface area contributed by atoms with Crippen LogP contribution in [0.5, 0.6) is 0 Å². The first-order chi connectivity index (χ1) is 11.3. The molecular formula is C18H32IN3O2. The van der Waals surface area contributed by atoms with Crippen LogP contribution in [-0.4, -0.2) is 62.5 Å². The molecule has 3 unspecified atom stereocenters. The van der Waals surface area contributed by atoms with Crippen LogP contribution in [0.3, 0.4) is 0 Å². The molecule has 138 valence electrons. The highest BCUT2D eigenvalue weighted by Crippen LogP contribution is 2.62. The van der Waals surface area contributed by atoms with Gasteiger partial charge in [-0.05, 0) is 39.0 Å². The van der Waals surface area contributed by atoms with Gasteiger partial charge in [-0.3, -0.25) is 4.99 Å². The molecule has 0 aromatic rings. The standard InChI is InChI=1S/C18H31N3O2.HI/c1-3-22-13-5-10-21(11-6-13)17(19-2)20-15-14-7-12-23-16(14)18(15)8-4-9-18;/h13-16H,3-12H2,1-2H3,(H,19,20);1H. The summed E-state index contributed by atoms with van der Waals surface area (Å²) in [5, 5.41) is 3.84. The number of rotatable bonds is 3. The molecule has 24 heavy (non-hydrogen) atoms. The summed E-state index contributed by atoms with van der Waals surface area (Å²) in [5.74, 6) is 1.80. The van der Waals surface area contributed by atoms with E-state index in [0.717, 1.165) is 45.1 Å². The van der Waals surface area contributed by atoms with Gasteiger partial charge in [-0.25, -0.2) is 0 Å². The summed E-state index contributed by atoms with van der Waals surface area (Å²) in [7, 11) is 1.92. The first kappa shape index (κ1) is 18.7. The van der Waals surface area contributed by atoms with Crippen molar-refractivity contribution >= 4 is 29.9 Å². The summed E-state index contributed by atoms with van der Waals surface area (Å²) < 4.78 is 11.8. The predicted molar refractivity (Wildman–Crippen MR) is 106 cm³/mol. The number of piperidine rings is 1. The highest BCUT2D eigenvalue weighted by molar-refractivity contribution is 14.0. The molecule has 0 amide bonds. The smallest absolute Gasteiger partial charge is 0.193 e. The number of ether oxygens (including phenoxy) is 2. The highest BCUT2D eigenvalue weighted by atomic mass is 127. The van der Waals surface area contributed by atoms with Crippen molar-refractivity contribution < 1.29 is 9.47 Å². The second-order valence-corrected chi connectivity index (χ2v) is 7.64. The lowest BCUT2D eigenvalue weighted by molar-refractivity contribution is -0.171. The maximum atomic E-state index is 6.03. The number of hydrogen-bond donors (Lipinski definition) is 1. The molecule has 5 nitrogen and oxygen atoms in total. The molecule has 2 aliphatic heterocycles. The SMILES string of the molecule is CCOC1CCN(C(=NC)NC2C3CCOC3C23CCC3)CC1.I. The van der Waals surface area contributed by atoms with Gasteiger partial charge in [-0.15, -0.1) is 24.0 Å². The monoisotopic (exact) mass is 449 g/mol. The van der Waals surface area contributed by atoms with Crippen LogP contribution in [0.2, 0.25) is 0 Å². The Balaban J connectivity index is 0.00000169. The average Bonchev–Trinajstić information content (AvgIpc) is 2.93. The third-order valence-corrected chi connectivity index (χ3v) is 6.68. The minimum absolute atomic E-state index is 0. The Morgan fingerprint density at radius 2 is 2.04 bits per heavy atom. The number of halogens is 1. The maximum Gasteiger partial charge on any atom is 0.193 e. The first-order valence-corrected chi connectivity index (χ1v) is 9.50. The largest absolute Gasteiger partial charge is 0.378 e. The van der Waals surface area contributed by atoms with Crippen LogP contribution in [0, 0.1) is 11.3 Å². The number of guanidine groups is 1. The number of nitrogens with one attached hydrogen (secondary N) is 1. The molecule has 0 aromatic heterocycles. The highest BCUT2D eigenvalue weighted by Gasteiger charge is 2.66. The third-order valence-electron chi connectivity index (χ3n) is 6.68. The zero-order valence-corrected chi connectivity index (χ0v) is 17.3. The van der Waals surface area contributed by atoms with Gasteiger partial charge < -0.3 is 19.7 Å². The van der Waals surface area contributed by atoms with Crippen molar-refractivity contribution in [2.24, 2.45) is 16.3 Å². The fourth-order valence-corrected chi connectivity index (χ4v) is 5.36. The maximum absolute atomic E-state index is 6.03. The minimum Gasteiger partial charge on any atom is -0.378 e. The fraction of sp³-hybridized carbons (Fsp3) is 0.944. The van der Waals surface area contributed by atoms with E-state index >= 15 is 0 Å². The number of aliphatic imine (C=N–C) groups is 1. The minimum atomic E-state index is 0. The van der Waals surface area contributed by atoms with Crippen molar-refractivity contribution in [1.29, 1.82) is 0 Å². The third kappa shape index (κ3) is 2.96. The number of fused-ring (bicyclic) bond motifs is 2. The summed E-state index contributed by atoms with van der Waals surface area (Å²) >= 11 is 0. The van der Waals surface area contributed by atoms with E-state index in [1.165, 1.54) is 25.7 Å². The van der Waals surface area contributed by atoms with Crippen molar-refractivity contribution in [3.8, 4) is 0 Å². The Morgan fingerprint density at radius 1 is 1.29 bits per heavy atom. The molecule has 1 N–H and O–H groups in total. The van der Waals surface area contributed by atoms with Gasteiger partial charge in [-0.2, -0.15) is 0 Å². The van der Waals surface area contributed by atoms with E-state index in [0.29, 0.717) is 29.6 Å². The molecule has 4 rings (SSSR count). The topological polar surface area (TPSA) is 46.1 Å². The van der Waals surface area contributed by atoms with E-state index in [1.807, 2.05) is 7.05 Å². The molecule has 4 fully saturated rings. The first-order valence-electron chi connectivity index (χ1n) is 9.50. The average molecular weight is 449 g/mol. The zero-order chi connectivity index (χ0) is 15.9. The van der Waals surface area contributed by atoms with Gasteiger partial charge in [0.15, 0.2) is 5.96 Å². The van der Waals surface area contributed by atoms with Crippen LogP contribution >= 0.6 is 24.0 Å². The van der Waals surface area contributed by atoms with Crippen molar-refractivity contribution in [2.45, 2.75) is 63.7 Å². The van der Waals surface area contributed by atoms with Crippen LogP contribution in [0.25, 0.3) is 0 Å². The molecule has 0 bridgehead atoms. The van der Waals surface area contributed by atoms with Gasteiger partial charge in [0, 0.05) is 50.7 Å². The van der Waals surface area contributed by atoms with E-state index in [2.05, 4.69) is 22.1 Å². The molecular weight excluding hydrogens is 417 g/mol. The van der Waals surface area contributed by atoms with Crippen molar-refractivity contribution in [1.82, 2.24) is 10.2 Å². The number of likely N-dealkylation sites (tertiary alicyclic amines) is 1. The molecule has 0 radical (unpaired) electrons. The second-order valence-electron chi connectivity index (χ2n) is 7.64.